The fourth-order valence-corrected chi connectivity index (χ4v) is 1.95. The minimum absolute atomic E-state index is 0.0829. The quantitative estimate of drug-likeness (QED) is 0.743. The van der Waals surface area contributed by atoms with Gasteiger partial charge in [0.25, 0.3) is 0 Å². The van der Waals surface area contributed by atoms with Crippen LogP contribution in [0.2, 0.25) is 0 Å². The first-order chi connectivity index (χ1) is 7.78. The molecule has 0 bridgehead atoms. The zero-order chi connectivity index (χ0) is 13.1. The van der Waals surface area contributed by atoms with Gasteiger partial charge in [-0.25, -0.2) is 0 Å². The summed E-state index contributed by atoms with van der Waals surface area (Å²) in [6.45, 7) is -0.857. The highest BCUT2D eigenvalue weighted by molar-refractivity contribution is 7.80. The fourth-order valence-electron chi connectivity index (χ4n) is 1.65. The first-order valence-corrected chi connectivity index (χ1v) is 5.41. The van der Waals surface area contributed by atoms with Gasteiger partial charge in [0.2, 0.25) is 5.91 Å². The lowest BCUT2D eigenvalue weighted by molar-refractivity contribution is -0.144. The Balaban J connectivity index is 2.71. The number of carbonyl (C=O) groups excluding carboxylic acids is 1. The van der Waals surface area contributed by atoms with E-state index in [-0.39, 0.29) is 31.0 Å². The van der Waals surface area contributed by atoms with Crippen molar-refractivity contribution < 1.29 is 22.7 Å². The number of alkyl halides is 3. The average molecular weight is 270 g/mol. The number of hydrogen-bond acceptors (Lipinski definition) is 3. The molecule has 1 aliphatic rings. The first kappa shape index (κ1) is 14.2. The maximum absolute atomic E-state index is 12.0. The highest BCUT2D eigenvalue weighted by atomic mass is 32.1. The molecule has 0 aliphatic carbocycles. The molecule has 1 heterocycles. The maximum Gasteiger partial charge on any atom is 0.405 e. The largest absolute Gasteiger partial charge is 0.405 e. The summed E-state index contributed by atoms with van der Waals surface area (Å²) in [5.41, 5.74) is 4.27. The zero-order valence-electron chi connectivity index (χ0n) is 8.97. The van der Waals surface area contributed by atoms with Crippen LogP contribution in [0.4, 0.5) is 13.2 Å². The zero-order valence-corrected chi connectivity index (χ0v) is 9.79. The highest BCUT2D eigenvalue weighted by Gasteiger charge is 2.44. The van der Waals surface area contributed by atoms with Crippen molar-refractivity contribution in [3.05, 3.63) is 0 Å². The third kappa shape index (κ3) is 3.53. The fraction of sp³-hybridized carbons (Fsp3) is 0.778. The monoisotopic (exact) mass is 270 g/mol. The lowest BCUT2D eigenvalue weighted by Gasteiger charge is -2.34. The normalized spacial score (nSPS) is 19.7. The van der Waals surface area contributed by atoms with Gasteiger partial charge in [-0.2, -0.15) is 13.2 Å². The Hall–Kier alpha value is -0.890. The van der Waals surface area contributed by atoms with Crippen molar-refractivity contribution in [2.75, 3.05) is 19.8 Å². The van der Waals surface area contributed by atoms with Crippen molar-refractivity contribution in [2.45, 2.75) is 19.0 Å². The predicted octanol–water partition coefficient (Wildman–Crippen LogP) is 0.748. The third-order valence-electron chi connectivity index (χ3n) is 2.70. The molecule has 0 radical (unpaired) electrons. The van der Waals surface area contributed by atoms with Crippen LogP contribution in [0.3, 0.4) is 0 Å². The number of amides is 1. The summed E-state index contributed by atoms with van der Waals surface area (Å²) in [6, 6.07) is 0. The molecule has 8 heteroatoms. The summed E-state index contributed by atoms with van der Waals surface area (Å²) in [5.74, 6) is -0.773. The van der Waals surface area contributed by atoms with E-state index in [9.17, 15) is 18.0 Å². The Labute approximate surface area is 102 Å². The Morgan fingerprint density at radius 1 is 1.41 bits per heavy atom. The van der Waals surface area contributed by atoms with E-state index in [1.807, 2.05) is 5.32 Å². The van der Waals surface area contributed by atoms with Gasteiger partial charge in [0.1, 0.15) is 12.0 Å². The topological polar surface area (TPSA) is 64.4 Å². The molecule has 0 aromatic heterocycles. The average Bonchev–Trinajstić information content (AvgIpc) is 2.25. The number of thiocarbonyl (C=S) groups is 1. The summed E-state index contributed by atoms with van der Waals surface area (Å²) in [5, 5.41) is 1.83. The molecular formula is C9H13F3N2O2S. The van der Waals surface area contributed by atoms with Crippen molar-refractivity contribution >= 4 is 23.1 Å². The van der Waals surface area contributed by atoms with Gasteiger partial charge in [-0.05, 0) is 12.8 Å². The Morgan fingerprint density at radius 2 is 1.94 bits per heavy atom. The Bertz CT molecular complexity index is 314. The van der Waals surface area contributed by atoms with Crippen LogP contribution in [0.25, 0.3) is 0 Å². The van der Waals surface area contributed by atoms with E-state index < -0.39 is 24.0 Å². The summed E-state index contributed by atoms with van der Waals surface area (Å²) < 4.78 is 41.1. The smallest absolute Gasteiger partial charge is 0.392 e. The number of rotatable bonds is 3. The van der Waals surface area contributed by atoms with Crippen molar-refractivity contribution in [1.82, 2.24) is 5.32 Å². The predicted molar refractivity (Wildman–Crippen MR) is 58.3 cm³/mol. The van der Waals surface area contributed by atoms with E-state index in [0.717, 1.165) is 0 Å². The second-order valence-electron chi connectivity index (χ2n) is 3.86. The molecule has 3 N–H and O–H groups in total. The van der Waals surface area contributed by atoms with E-state index >= 15 is 0 Å². The van der Waals surface area contributed by atoms with Gasteiger partial charge >= 0.3 is 6.18 Å². The summed E-state index contributed by atoms with van der Waals surface area (Å²) >= 11 is 4.79. The standard InChI is InChI=1S/C9H13F3N2O2S/c10-9(11,12)5-14-7(15)8(6(13)17)1-3-16-4-2-8/h1-5H2,(H2,13,17)(H,14,15). The molecule has 0 unspecified atom stereocenters. The molecule has 1 fully saturated rings. The molecule has 1 aliphatic heterocycles. The molecule has 1 saturated heterocycles. The molecule has 17 heavy (non-hydrogen) atoms. The van der Waals surface area contributed by atoms with E-state index in [2.05, 4.69) is 0 Å². The molecule has 1 rings (SSSR count). The first-order valence-electron chi connectivity index (χ1n) is 5.01. The Kier molecular flexibility index (Phi) is 4.31. The van der Waals surface area contributed by atoms with Gasteiger partial charge in [0.15, 0.2) is 0 Å². The molecule has 0 atom stereocenters. The SMILES string of the molecule is NC(=S)C1(C(=O)NCC(F)(F)F)CCOCC1. The molecule has 1 amide bonds. The van der Waals surface area contributed by atoms with Crippen LogP contribution in [0.1, 0.15) is 12.8 Å². The molecule has 0 aromatic carbocycles. The van der Waals surface area contributed by atoms with Crippen molar-refractivity contribution in [1.29, 1.82) is 0 Å². The lowest BCUT2D eigenvalue weighted by Crippen LogP contribution is -2.53. The van der Waals surface area contributed by atoms with Gasteiger partial charge in [-0.3, -0.25) is 4.79 Å². The highest BCUT2D eigenvalue weighted by Crippen LogP contribution is 2.31. The van der Waals surface area contributed by atoms with Crippen LogP contribution in [-0.2, 0) is 9.53 Å². The van der Waals surface area contributed by atoms with Gasteiger partial charge in [-0.15, -0.1) is 0 Å². The molecule has 0 saturated carbocycles. The van der Waals surface area contributed by atoms with Crippen LogP contribution >= 0.6 is 12.2 Å². The van der Waals surface area contributed by atoms with E-state index in [1.54, 1.807) is 0 Å². The number of nitrogens with two attached hydrogens (primary N) is 1. The van der Waals surface area contributed by atoms with Gasteiger partial charge in [-0.1, -0.05) is 12.2 Å². The lowest BCUT2D eigenvalue weighted by atomic mass is 9.79. The van der Waals surface area contributed by atoms with Crippen molar-refractivity contribution in [3.8, 4) is 0 Å². The van der Waals surface area contributed by atoms with Gasteiger partial charge in [0.05, 0.1) is 4.99 Å². The van der Waals surface area contributed by atoms with E-state index in [0.29, 0.717) is 0 Å². The molecule has 0 aromatic rings. The van der Waals surface area contributed by atoms with E-state index in [1.165, 1.54) is 0 Å². The van der Waals surface area contributed by atoms with Crippen LogP contribution in [0, 0.1) is 5.41 Å². The number of nitrogens with one attached hydrogen (secondary N) is 1. The maximum atomic E-state index is 12.0. The minimum atomic E-state index is -4.45. The number of halogens is 3. The Morgan fingerprint density at radius 3 is 2.35 bits per heavy atom. The van der Waals surface area contributed by atoms with E-state index in [4.69, 9.17) is 22.7 Å². The number of carbonyl (C=O) groups is 1. The molecular weight excluding hydrogens is 257 g/mol. The number of hydrogen-bond donors (Lipinski definition) is 2. The van der Waals surface area contributed by atoms with Crippen molar-refractivity contribution in [2.24, 2.45) is 11.1 Å². The summed E-state index contributed by atoms with van der Waals surface area (Å²) in [4.78, 5) is 11.7. The second kappa shape index (κ2) is 5.18. The minimum Gasteiger partial charge on any atom is -0.392 e. The van der Waals surface area contributed by atoms with Crippen LogP contribution in [0.15, 0.2) is 0 Å². The van der Waals surface area contributed by atoms with Crippen molar-refractivity contribution in [3.63, 3.8) is 0 Å². The van der Waals surface area contributed by atoms with Crippen LogP contribution in [0.5, 0.6) is 0 Å². The third-order valence-corrected chi connectivity index (χ3v) is 3.09. The molecule has 0 spiro atoms. The summed E-state index contributed by atoms with van der Waals surface area (Å²) in [7, 11) is 0. The summed E-state index contributed by atoms with van der Waals surface area (Å²) in [6.07, 6.45) is -4.02. The van der Waals surface area contributed by atoms with Gasteiger partial charge < -0.3 is 15.8 Å². The molecule has 4 nitrogen and oxygen atoms in total. The van der Waals surface area contributed by atoms with Crippen LogP contribution in [-0.4, -0.2) is 36.8 Å². The number of ether oxygens (including phenoxy) is 1. The molecule has 98 valence electrons. The second-order valence-corrected chi connectivity index (χ2v) is 4.30. The van der Waals surface area contributed by atoms with Crippen LogP contribution < -0.4 is 11.1 Å². The van der Waals surface area contributed by atoms with Gasteiger partial charge in [0, 0.05) is 13.2 Å².